The highest BCUT2D eigenvalue weighted by atomic mass is 16.5. The maximum atomic E-state index is 11.9. The van der Waals surface area contributed by atoms with Crippen molar-refractivity contribution < 1.29 is 14.6 Å². The Morgan fingerprint density at radius 1 is 0.933 bits per heavy atom. The Bertz CT molecular complexity index is 692. The zero-order valence-electron chi connectivity index (χ0n) is 19.5. The van der Waals surface area contributed by atoms with Crippen LogP contribution in [0.25, 0.3) is 0 Å². The lowest BCUT2D eigenvalue weighted by molar-refractivity contribution is -0.137. The van der Waals surface area contributed by atoms with E-state index in [1.807, 2.05) is 56.3 Å². The second kappa shape index (κ2) is 13.9. The largest absolute Gasteiger partial charge is 0.426 e. The standard InChI is InChI=1S/C20H33NO3.C6H6/c1-14(2)20(23)24-19-10-9-17(13-22)12-18(19)8-7-11-21(15(3)4)16(5)6;1-2-4-6-5-3-1/h9-10,12,14-16,22H,7-8,11,13H2,1-6H3;1-6H. The summed E-state index contributed by atoms with van der Waals surface area (Å²) in [6, 6.07) is 18.6. The predicted molar refractivity (Wildman–Crippen MR) is 125 cm³/mol. The summed E-state index contributed by atoms with van der Waals surface area (Å²) in [4.78, 5) is 14.4. The number of hydrogen-bond acceptors (Lipinski definition) is 4. The van der Waals surface area contributed by atoms with Gasteiger partial charge in [-0.1, -0.05) is 56.3 Å². The van der Waals surface area contributed by atoms with Gasteiger partial charge in [-0.2, -0.15) is 0 Å². The first kappa shape index (κ1) is 25.9. The van der Waals surface area contributed by atoms with Crippen molar-refractivity contribution >= 4 is 5.97 Å². The Balaban J connectivity index is 0.000000637. The smallest absolute Gasteiger partial charge is 0.313 e. The molecule has 0 heterocycles. The summed E-state index contributed by atoms with van der Waals surface area (Å²) in [6.45, 7) is 13.5. The van der Waals surface area contributed by atoms with Gasteiger partial charge < -0.3 is 9.84 Å². The molecule has 30 heavy (non-hydrogen) atoms. The molecule has 0 radical (unpaired) electrons. The molecule has 0 saturated heterocycles. The number of aryl methyl sites for hydroxylation is 1. The highest BCUT2D eigenvalue weighted by Crippen LogP contribution is 2.23. The van der Waals surface area contributed by atoms with Gasteiger partial charge in [0.15, 0.2) is 0 Å². The van der Waals surface area contributed by atoms with E-state index in [1.54, 1.807) is 12.1 Å². The van der Waals surface area contributed by atoms with E-state index in [1.165, 1.54) is 0 Å². The van der Waals surface area contributed by atoms with Crippen LogP contribution in [0.4, 0.5) is 0 Å². The Kier molecular flexibility index (Phi) is 12.0. The summed E-state index contributed by atoms with van der Waals surface area (Å²) in [5.41, 5.74) is 1.84. The van der Waals surface area contributed by atoms with E-state index >= 15 is 0 Å². The van der Waals surface area contributed by atoms with Gasteiger partial charge in [-0.25, -0.2) is 0 Å². The first-order valence-electron chi connectivity index (χ1n) is 11.0. The van der Waals surface area contributed by atoms with Crippen molar-refractivity contribution in [1.29, 1.82) is 0 Å². The topological polar surface area (TPSA) is 49.8 Å². The van der Waals surface area contributed by atoms with E-state index < -0.39 is 0 Å². The molecule has 2 rings (SSSR count). The molecule has 0 atom stereocenters. The molecule has 1 N–H and O–H groups in total. The summed E-state index contributed by atoms with van der Waals surface area (Å²) in [6.07, 6.45) is 1.81. The molecule has 4 heteroatoms. The Hall–Kier alpha value is -2.17. The van der Waals surface area contributed by atoms with Crippen LogP contribution in [0.15, 0.2) is 54.6 Å². The molecule has 0 aliphatic carbocycles. The number of esters is 1. The molecule has 0 amide bonds. The van der Waals surface area contributed by atoms with Gasteiger partial charge in [0.1, 0.15) is 5.75 Å². The Morgan fingerprint density at radius 3 is 1.90 bits per heavy atom. The van der Waals surface area contributed by atoms with Crippen LogP contribution in [0.3, 0.4) is 0 Å². The summed E-state index contributed by atoms with van der Waals surface area (Å²) in [5, 5.41) is 9.37. The minimum atomic E-state index is -0.223. The second-order valence-corrected chi connectivity index (χ2v) is 8.36. The number of carbonyl (C=O) groups excluding carboxylic acids is 1. The molecule has 0 bridgehead atoms. The fraction of sp³-hybridized carbons (Fsp3) is 0.500. The average molecular weight is 414 g/mol. The third kappa shape index (κ3) is 9.55. The van der Waals surface area contributed by atoms with Gasteiger partial charge in [0.2, 0.25) is 0 Å². The summed E-state index contributed by atoms with van der Waals surface area (Å²) in [5.74, 6) is 0.235. The average Bonchev–Trinajstić information content (AvgIpc) is 2.73. The zero-order valence-corrected chi connectivity index (χ0v) is 19.5. The molecule has 0 aliphatic rings. The van der Waals surface area contributed by atoms with E-state index in [-0.39, 0.29) is 18.5 Å². The van der Waals surface area contributed by atoms with Crippen LogP contribution in [0.5, 0.6) is 5.75 Å². The van der Waals surface area contributed by atoms with E-state index in [0.29, 0.717) is 17.8 Å². The third-order valence-corrected chi connectivity index (χ3v) is 4.85. The lowest BCUT2D eigenvalue weighted by atomic mass is 10.0. The molecule has 0 unspecified atom stereocenters. The number of benzene rings is 2. The number of hydrogen-bond donors (Lipinski definition) is 1. The van der Waals surface area contributed by atoms with Gasteiger partial charge in [0.05, 0.1) is 12.5 Å². The number of rotatable bonds is 9. The van der Waals surface area contributed by atoms with E-state index in [2.05, 4.69) is 32.6 Å². The van der Waals surface area contributed by atoms with Crippen LogP contribution in [0.1, 0.15) is 59.1 Å². The normalized spacial score (nSPS) is 11.0. The molecule has 0 aliphatic heterocycles. The molecule has 2 aromatic rings. The van der Waals surface area contributed by atoms with Gasteiger partial charge in [-0.05, 0) is 70.3 Å². The van der Waals surface area contributed by atoms with Crippen LogP contribution in [-0.4, -0.2) is 34.6 Å². The molecular weight excluding hydrogens is 374 g/mol. The van der Waals surface area contributed by atoms with Gasteiger partial charge in [-0.15, -0.1) is 0 Å². The minimum Gasteiger partial charge on any atom is -0.426 e. The monoisotopic (exact) mass is 413 g/mol. The minimum absolute atomic E-state index is 0.00444. The highest BCUT2D eigenvalue weighted by molar-refractivity contribution is 5.74. The van der Waals surface area contributed by atoms with Gasteiger partial charge in [-0.3, -0.25) is 9.69 Å². The Labute approximate surface area is 182 Å². The lowest BCUT2D eigenvalue weighted by Gasteiger charge is -2.30. The van der Waals surface area contributed by atoms with Gasteiger partial charge in [0.25, 0.3) is 0 Å². The highest BCUT2D eigenvalue weighted by Gasteiger charge is 2.15. The predicted octanol–water partition coefficient (Wildman–Crippen LogP) is 5.48. The SMILES string of the molecule is CC(C)C(=O)Oc1ccc(CO)cc1CCCN(C(C)C)C(C)C.c1ccccc1. The molecule has 0 spiro atoms. The summed E-state index contributed by atoms with van der Waals surface area (Å²) < 4.78 is 5.52. The molecule has 0 aromatic heterocycles. The molecular formula is C26H39NO3. The molecule has 0 saturated carbocycles. The van der Waals surface area contributed by atoms with E-state index in [4.69, 9.17) is 4.74 Å². The van der Waals surface area contributed by atoms with E-state index in [9.17, 15) is 9.90 Å². The Morgan fingerprint density at radius 2 is 1.47 bits per heavy atom. The first-order valence-corrected chi connectivity index (χ1v) is 11.0. The fourth-order valence-corrected chi connectivity index (χ4v) is 3.20. The van der Waals surface area contributed by atoms with E-state index in [0.717, 1.165) is 30.5 Å². The number of aliphatic hydroxyl groups excluding tert-OH is 1. The van der Waals surface area contributed by atoms with Crippen molar-refractivity contribution in [2.45, 2.75) is 73.1 Å². The van der Waals surface area contributed by atoms with Crippen molar-refractivity contribution in [3.05, 3.63) is 65.7 Å². The maximum Gasteiger partial charge on any atom is 0.313 e. The quantitative estimate of drug-likeness (QED) is 0.437. The second-order valence-electron chi connectivity index (χ2n) is 8.36. The van der Waals surface area contributed by atoms with Crippen LogP contribution in [0, 0.1) is 5.92 Å². The number of nitrogens with zero attached hydrogens (tertiary/aromatic N) is 1. The van der Waals surface area contributed by atoms with Crippen LogP contribution < -0.4 is 4.74 Å². The molecule has 2 aromatic carbocycles. The lowest BCUT2D eigenvalue weighted by Crippen LogP contribution is -2.37. The van der Waals surface area contributed by atoms with Crippen LogP contribution in [0.2, 0.25) is 0 Å². The van der Waals surface area contributed by atoms with Crippen LogP contribution in [-0.2, 0) is 17.8 Å². The van der Waals surface area contributed by atoms with Crippen molar-refractivity contribution in [2.24, 2.45) is 5.92 Å². The molecule has 4 nitrogen and oxygen atoms in total. The number of aliphatic hydroxyl groups is 1. The van der Waals surface area contributed by atoms with Crippen molar-refractivity contribution in [3.63, 3.8) is 0 Å². The third-order valence-electron chi connectivity index (χ3n) is 4.85. The number of ether oxygens (including phenoxy) is 1. The molecule has 0 fully saturated rings. The zero-order chi connectivity index (χ0) is 22.5. The fourth-order valence-electron chi connectivity index (χ4n) is 3.20. The van der Waals surface area contributed by atoms with Gasteiger partial charge in [0, 0.05) is 12.1 Å². The first-order chi connectivity index (χ1) is 14.3. The van der Waals surface area contributed by atoms with Gasteiger partial charge >= 0.3 is 5.97 Å². The van der Waals surface area contributed by atoms with Crippen molar-refractivity contribution in [3.8, 4) is 5.75 Å². The maximum absolute atomic E-state index is 11.9. The van der Waals surface area contributed by atoms with Crippen molar-refractivity contribution in [1.82, 2.24) is 4.90 Å². The summed E-state index contributed by atoms with van der Waals surface area (Å²) in [7, 11) is 0. The molecule has 166 valence electrons. The number of carbonyl (C=O) groups is 1. The summed E-state index contributed by atoms with van der Waals surface area (Å²) >= 11 is 0. The van der Waals surface area contributed by atoms with Crippen molar-refractivity contribution in [2.75, 3.05) is 6.54 Å². The van der Waals surface area contributed by atoms with Crippen LogP contribution >= 0.6 is 0 Å².